The van der Waals surface area contributed by atoms with Gasteiger partial charge >= 0.3 is 0 Å². The third kappa shape index (κ3) is 4.35. The van der Waals surface area contributed by atoms with Crippen molar-refractivity contribution >= 4 is 5.91 Å². The van der Waals surface area contributed by atoms with Gasteiger partial charge in [-0.2, -0.15) is 5.26 Å². The Morgan fingerprint density at radius 2 is 1.82 bits per heavy atom. The van der Waals surface area contributed by atoms with E-state index in [0.29, 0.717) is 48.0 Å². The largest absolute Gasteiger partial charge is 0.496 e. The Labute approximate surface area is 163 Å². The van der Waals surface area contributed by atoms with Crippen LogP contribution < -0.4 is 19.5 Å². The fraction of sp³-hybridized carbons (Fsp3) is 0.333. The number of ether oxygens (including phenoxy) is 4. The van der Waals surface area contributed by atoms with Gasteiger partial charge in [0.2, 0.25) is 0 Å². The van der Waals surface area contributed by atoms with Crippen molar-refractivity contribution in [1.29, 1.82) is 5.26 Å². The molecule has 0 unspecified atom stereocenters. The van der Waals surface area contributed by atoms with Crippen LogP contribution in [0.3, 0.4) is 0 Å². The van der Waals surface area contributed by atoms with Crippen LogP contribution in [0.15, 0.2) is 42.5 Å². The molecule has 28 heavy (non-hydrogen) atoms. The molecule has 1 amide bonds. The molecule has 1 N–H and O–H groups in total. The first-order valence-corrected chi connectivity index (χ1v) is 8.92. The molecule has 0 aromatic heterocycles. The molecule has 1 heterocycles. The smallest absolute Gasteiger partial charge is 0.259 e. The number of nitriles is 1. The van der Waals surface area contributed by atoms with E-state index in [0.717, 1.165) is 0 Å². The van der Waals surface area contributed by atoms with Crippen molar-refractivity contribution in [3.05, 3.63) is 53.6 Å². The number of nitrogens with one attached hydrogen (secondary N) is 1. The summed E-state index contributed by atoms with van der Waals surface area (Å²) in [7, 11) is 3.01. The molecule has 2 atom stereocenters. The molecule has 2 aromatic rings. The van der Waals surface area contributed by atoms with Crippen LogP contribution in [0, 0.1) is 11.3 Å². The second kappa shape index (κ2) is 9.11. The summed E-state index contributed by atoms with van der Waals surface area (Å²) in [4.78, 5) is 12.9. The third-order valence-corrected chi connectivity index (χ3v) is 4.54. The summed E-state index contributed by atoms with van der Waals surface area (Å²) in [5.41, 5.74) is 0.891. The van der Waals surface area contributed by atoms with Crippen molar-refractivity contribution in [2.24, 2.45) is 0 Å². The number of methoxy groups -OCH3 is 2. The second-order valence-corrected chi connectivity index (χ2v) is 6.27. The minimum absolute atomic E-state index is 0.258. The Morgan fingerprint density at radius 1 is 1.14 bits per heavy atom. The van der Waals surface area contributed by atoms with E-state index in [9.17, 15) is 4.79 Å². The van der Waals surface area contributed by atoms with E-state index in [-0.39, 0.29) is 18.1 Å². The molecule has 0 aliphatic carbocycles. The minimum Gasteiger partial charge on any atom is -0.496 e. The zero-order chi connectivity index (χ0) is 19.9. The van der Waals surface area contributed by atoms with E-state index in [2.05, 4.69) is 11.4 Å². The van der Waals surface area contributed by atoms with Gasteiger partial charge in [0.25, 0.3) is 5.91 Å². The summed E-state index contributed by atoms with van der Waals surface area (Å²) in [5.74, 6) is 1.18. The van der Waals surface area contributed by atoms with Crippen LogP contribution in [0.25, 0.3) is 0 Å². The number of carbonyl (C=O) groups excluding carboxylic acids is 1. The van der Waals surface area contributed by atoms with Gasteiger partial charge in [-0.1, -0.05) is 6.07 Å². The van der Waals surface area contributed by atoms with E-state index < -0.39 is 0 Å². The maximum atomic E-state index is 12.9. The summed E-state index contributed by atoms with van der Waals surface area (Å²) >= 11 is 0. The van der Waals surface area contributed by atoms with E-state index in [1.807, 2.05) is 0 Å². The fourth-order valence-electron chi connectivity index (χ4n) is 3.09. The first kappa shape index (κ1) is 19.5. The van der Waals surface area contributed by atoms with Crippen molar-refractivity contribution < 1.29 is 23.7 Å². The van der Waals surface area contributed by atoms with Crippen LogP contribution in [0.1, 0.15) is 22.3 Å². The number of carbonyl (C=O) groups is 1. The van der Waals surface area contributed by atoms with E-state index in [1.165, 1.54) is 14.2 Å². The highest BCUT2D eigenvalue weighted by Crippen LogP contribution is 2.28. The summed E-state index contributed by atoms with van der Waals surface area (Å²) in [6.45, 7) is 0.884. The van der Waals surface area contributed by atoms with Crippen LogP contribution in [0.5, 0.6) is 17.2 Å². The lowest BCUT2D eigenvalue weighted by molar-refractivity contribution is -0.00295. The molecule has 0 saturated carbocycles. The second-order valence-electron chi connectivity index (χ2n) is 6.27. The standard InChI is InChI=1S/C21H22N2O5/c1-25-18-4-3-5-19(26-2)20(18)21(24)23-16-13-27-11-10-17(16)28-15-8-6-14(12-22)7-9-15/h3-9,16-17H,10-11,13H2,1-2H3,(H,23,24)/t16-,17-/m1/s1. The van der Waals surface area contributed by atoms with Gasteiger partial charge in [-0.3, -0.25) is 4.79 Å². The molecule has 7 nitrogen and oxygen atoms in total. The lowest BCUT2D eigenvalue weighted by Gasteiger charge is -2.32. The van der Waals surface area contributed by atoms with Gasteiger partial charge in [0.15, 0.2) is 0 Å². The maximum Gasteiger partial charge on any atom is 0.259 e. The third-order valence-electron chi connectivity index (χ3n) is 4.54. The Bertz CT molecular complexity index is 838. The van der Waals surface area contributed by atoms with Crippen molar-refractivity contribution in [3.8, 4) is 23.3 Å². The Balaban J connectivity index is 1.76. The van der Waals surface area contributed by atoms with Gasteiger partial charge in [0.05, 0.1) is 45.1 Å². The Hall–Kier alpha value is -3.24. The predicted octanol–water partition coefficient (Wildman–Crippen LogP) is 2.54. The SMILES string of the molecule is COc1cccc(OC)c1C(=O)N[C@@H]1COCC[C@H]1Oc1ccc(C#N)cc1. The van der Waals surface area contributed by atoms with E-state index in [4.69, 9.17) is 24.2 Å². The summed E-state index contributed by atoms with van der Waals surface area (Å²) < 4.78 is 22.2. The van der Waals surface area contributed by atoms with Gasteiger partial charge in [-0.25, -0.2) is 0 Å². The quantitative estimate of drug-likeness (QED) is 0.826. The van der Waals surface area contributed by atoms with Crippen LogP contribution in [0.4, 0.5) is 0 Å². The zero-order valence-electron chi connectivity index (χ0n) is 15.8. The van der Waals surface area contributed by atoms with Gasteiger partial charge < -0.3 is 24.3 Å². The Kier molecular flexibility index (Phi) is 6.35. The average molecular weight is 382 g/mol. The minimum atomic E-state index is -0.341. The molecule has 0 bridgehead atoms. The molecular formula is C21H22N2O5. The topological polar surface area (TPSA) is 89.8 Å². The molecule has 1 aliphatic rings. The molecule has 1 aliphatic heterocycles. The number of nitrogens with zero attached hydrogens (tertiary/aromatic N) is 1. The van der Waals surface area contributed by atoms with Crippen LogP contribution >= 0.6 is 0 Å². The summed E-state index contributed by atoms with van der Waals surface area (Å²) in [5, 5.41) is 11.9. The van der Waals surface area contributed by atoms with E-state index >= 15 is 0 Å². The summed E-state index contributed by atoms with van der Waals surface area (Å²) in [6, 6.07) is 13.8. The van der Waals surface area contributed by atoms with E-state index in [1.54, 1.807) is 42.5 Å². The van der Waals surface area contributed by atoms with Crippen LogP contribution in [-0.2, 0) is 4.74 Å². The number of hydrogen-bond donors (Lipinski definition) is 1. The maximum absolute atomic E-state index is 12.9. The molecular weight excluding hydrogens is 360 g/mol. The molecule has 1 saturated heterocycles. The van der Waals surface area contributed by atoms with Crippen molar-refractivity contribution in [2.45, 2.75) is 18.6 Å². The number of hydrogen-bond acceptors (Lipinski definition) is 6. The highest BCUT2D eigenvalue weighted by atomic mass is 16.5. The zero-order valence-corrected chi connectivity index (χ0v) is 15.8. The van der Waals surface area contributed by atoms with Crippen molar-refractivity contribution in [1.82, 2.24) is 5.32 Å². The average Bonchev–Trinajstić information content (AvgIpc) is 2.74. The lowest BCUT2D eigenvalue weighted by atomic mass is 10.0. The molecule has 0 spiro atoms. The first-order chi connectivity index (χ1) is 13.7. The summed E-state index contributed by atoms with van der Waals surface area (Å²) in [6.07, 6.45) is 0.375. The molecule has 1 fully saturated rings. The molecule has 0 radical (unpaired) electrons. The highest BCUT2D eigenvalue weighted by Gasteiger charge is 2.31. The fourth-order valence-corrected chi connectivity index (χ4v) is 3.09. The van der Waals surface area contributed by atoms with Crippen molar-refractivity contribution in [2.75, 3.05) is 27.4 Å². The molecule has 2 aromatic carbocycles. The number of rotatable bonds is 6. The van der Waals surface area contributed by atoms with Crippen LogP contribution in [-0.4, -0.2) is 45.5 Å². The number of benzene rings is 2. The lowest BCUT2D eigenvalue weighted by Crippen LogP contribution is -2.51. The first-order valence-electron chi connectivity index (χ1n) is 8.92. The molecule has 146 valence electrons. The van der Waals surface area contributed by atoms with Crippen molar-refractivity contribution in [3.63, 3.8) is 0 Å². The van der Waals surface area contributed by atoms with Gasteiger partial charge in [-0.05, 0) is 36.4 Å². The highest BCUT2D eigenvalue weighted by molar-refractivity contribution is 6.00. The molecule has 7 heteroatoms. The normalized spacial score (nSPS) is 18.6. The Morgan fingerprint density at radius 3 is 2.43 bits per heavy atom. The van der Waals surface area contributed by atoms with Gasteiger partial charge in [0, 0.05) is 6.42 Å². The van der Waals surface area contributed by atoms with Gasteiger partial charge in [0.1, 0.15) is 28.9 Å². The number of amides is 1. The molecule has 3 rings (SSSR count). The predicted molar refractivity (Wildman–Crippen MR) is 102 cm³/mol. The van der Waals surface area contributed by atoms with Crippen LogP contribution in [0.2, 0.25) is 0 Å². The van der Waals surface area contributed by atoms with Gasteiger partial charge in [-0.15, -0.1) is 0 Å². The monoisotopic (exact) mass is 382 g/mol.